The van der Waals surface area contributed by atoms with E-state index in [0.717, 1.165) is 75.4 Å². The Labute approximate surface area is 283 Å². The molecule has 0 amide bonds. The van der Waals surface area contributed by atoms with Crippen molar-refractivity contribution in [1.29, 1.82) is 0 Å². The average Bonchev–Trinajstić information content (AvgIpc) is 3.81. The summed E-state index contributed by atoms with van der Waals surface area (Å²) in [6.07, 6.45) is 6.55. The number of benzene rings is 2. The van der Waals surface area contributed by atoms with Crippen LogP contribution in [0.1, 0.15) is 57.9 Å². The van der Waals surface area contributed by atoms with Crippen LogP contribution in [0, 0.1) is 17.0 Å². The first-order valence-corrected chi connectivity index (χ1v) is 17.8. The van der Waals surface area contributed by atoms with E-state index in [0.29, 0.717) is 53.3 Å². The number of ether oxygens (including phenoxy) is 2. The summed E-state index contributed by atoms with van der Waals surface area (Å²) in [5, 5.41) is 5.64. The first-order valence-electron chi connectivity index (χ1n) is 17.8. The van der Waals surface area contributed by atoms with Gasteiger partial charge in [0, 0.05) is 49.2 Å². The molecule has 1 saturated carbocycles. The molecule has 4 fully saturated rings. The highest BCUT2D eigenvalue weighted by Crippen LogP contribution is 2.48. The molecule has 2 bridgehead atoms. The van der Waals surface area contributed by atoms with Gasteiger partial charge in [0.1, 0.15) is 34.3 Å². The maximum atomic E-state index is 17.2. The van der Waals surface area contributed by atoms with Crippen molar-refractivity contribution < 1.29 is 22.6 Å². The van der Waals surface area contributed by atoms with Crippen molar-refractivity contribution in [3.8, 4) is 23.1 Å². The number of hydrogen-bond acceptors (Lipinski definition) is 8. The van der Waals surface area contributed by atoms with Crippen LogP contribution in [0.5, 0.6) is 11.9 Å². The molecule has 0 radical (unpaired) electrons. The normalized spacial score (nSPS) is 25.7. The Morgan fingerprint density at radius 2 is 1.90 bits per heavy atom. The van der Waals surface area contributed by atoms with E-state index in [1.165, 1.54) is 6.07 Å². The number of anilines is 1. The molecule has 2 aromatic carbocycles. The van der Waals surface area contributed by atoms with Gasteiger partial charge in [-0.3, -0.25) is 0 Å². The zero-order valence-electron chi connectivity index (χ0n) is 27.9. The van der Waals surface area contributed by atoms with Crippen molar-refractivity contribution in [2.75, 3.05) is 37.7 Å². The van der Waals surface area contributed by atoms with Gasteiger partial charge in [-0.15, -0.1) is 0 Å². The molecule has 1 N–H and O–H groups in total. The molecule has 2 aromatic heterocycles. The lowest BCUT2D eigenvalue weighted by Crippen LogP contribution is -2.62. The van der Waals surface area contributed by atoms with Crippen molar-refractivity contribution in [2.24, 2.45) is 5.41 Å². The second-order valence-electron chi connectivity index (χ2n) is 14.8. The third-order valence-electron chi connectivity index (χ3n) is 11.6. The molecule has 4 aromatic rings. The topological polar surface area (TPSA) is 75.6 Å². The number of likely N-dealkylation sites (tertiary alicyclic amines) is 1. The molecule has 4 atom stereocenters. The van der Waals surface area contributed by atoms with Crippen LogP contribution in [-0.4, -0.2) is 76.9 Å². The lowest BCUT2D eigenvalue weighted by molar-refractivity contribution is 0.147. The molecular weight excluding hydrogens is 629 g/mol. The van der Waals surface area contributed by atoms with Crippen LogP contribution in [0.25, 0.3) is 32.9 Å². The van der Waals surface area contributed by atoms with E-state index in [4.69, 9.17) is 24.4 Å². The van der Waals surface area contributed by atoms with Gasteiger partial charge in [0.2, 0.25) is 5.88 Å². The Morgan fingerprint density at radius 1 is 1.06 bits per heavy atom. The Balaban J connectivity index is 1.16. The van der Waals surface area contributed by atoms with Gasteiger partial charge in [-0.1, -0.05) is 31.2 Å². The first-order chi connectivity index (χ1) is 23.8. The molecule has 1 aliphatic carbocycles. The van der Waals surface area contributed by atoms with Crippen LogP contribution in [0.3, 0.4) is 0 Å². The predicted molar refractivity (Wildman–Crippen MR) is 183 cm³/mol. The minimum Gasteiger partial charge on any atom is -0.472 e. The highest BCUT2D eigenvalue weighted by Gasteiger charge is 2.48. The lowest BCUT2D eigenvalue weighted by Gasteiger charge is -2.42. The van der Waals surface area contributed by atoms with E-state index in [1.54, 1.807) is 12.1 Å². The Bertz CT molecular complexity index is 1990. The molecule has 3 saturated heterocycles. The molecule has 256 valence electrons. The Morgan fingerprint density at radius 3 is 2.67 bits per heavy atom. The summed E-state index contributed by atoms with van der Waals surface area (Å²) in [5.41, 5.74) is 2.02. The van der Waals surface area contributed by atoms with Crippen molar-refractivity contribution in [3.63, 3.8) is 0 Å². The van der Waals surface area contributed by atoms with Gasteiger partial charge in [0.25, 0.3) is 0 Å². The highest BCUT2D eigenvalue weighted by atomic mass is 19.1. The third kappa shape index (κ3) is 5.23. The number of nitrogens with zero attached hydrogens (tertiary/aromatic N) is 5. The monoisotopic (exact) mass is 670 g/mol. The quantitative estimate of drug-likeness (QED) is 0.228. The molecule has 5 aliphatic rings. The molecule has 6 heterocycles. The molecule has 49 heavy (non-hydrogen) atoms. The van der Waals surface area contributed by atoms with Crippen molar-refractivity contribution in [1.82, 2.24) is 25.2 Å². The number of piperazine rings is 1. The standard InChI is InChI=1S/C38H41F3N6O2/c1-3-25-27(40)9-7-23-5-4-6-26(29(23)25)32-31(41)33-30-35(47-18-24-8-10-28(42-24)34(47)21(2)49-36(30)43-32)45-37(44-33)48-20-38(13-14-38)19-46-15-11-22(17-39)12-16-46/h4-7,9,17,21,24,28,34,42H,3,8,10-16,18-20H2,1-2H3. The number of nitrogens with one attached hydrogen (secondary N) is 1. The van der Waals surface area contributed by atoms with E-state index in [-0.39, 0.29) is 52.5 Å². The summed E-state index contributed by atoms with van der Waals surface area (Å²) in [5.74, 6) is -0.0673. The number of rotatable bonds is 7. The fraction of sp³-hybridized carbons (Fsp3) is 0.500. The number of aryl methyl sites for hydroxylation is 1. The zero-order valence-corrected chi connectivity index (χ0v) is 27.9. The molecule has 0 spiro atoms. The summed E-state index contributed by atoms with van der Waals surface area (Å²) in [7, 11) is 0. The van der Waals surface area contributed by atoms with Crippen LogP contribution < -0.4 is 19.7 Å². The van der Waals surface area contributed by atoms with Crippen molar-refractivity contribution in [2.45, 2.75) is 83.0 Å². The van der Waals surface area contributed by atoms with Crippen molar-refractivity contribution in [3.05, 3.63) is 59.4 Å². The largest absolute Gasteiger partial charge is 0.472 e. The van der Waals surface area contributed by atoms with Gasteiger partial charge in [0.05, 0.1) is 19.0 Å². The fourth-order valence-electron chi connectivity index (χ4n) is 8.83. The van der Waals surface area contributed by atoms with Crippen LogP contribution in [0.15, 0.2) is 42.2 Å². The first kappa shape index (κ1) is 31.1. The fourth-order valence-corrected chi connectivity index (χ4v) is 8.83. The minimum absolute atomic E-state index is 0.0334. The van der Waals surface area contributed by atoms with Gasteiger partial charge in [-0.05, 0) is 79.8 Å². The number of piperidine rings is 1. The van der Waals surface area contributed by atoms with Crippen LogP contribution in [0.2, 0.25) is 0 Å². The predicted octanol–water partition coefficient (Wildman–Crippen LogP) is 6.88. The van der Waals surface area contributed by atoms with Crippen molar-refractivity contribution >= 4 is 27.5 Å². The van der Waals surface area contributed by atoms with Gasteiger partial charge in [0.15, 0.2) is 5.82 Å². The van der Waals surface area contributed by atoms with E-state index in [2.05, 4.69) is 15.1 Å². The van der Waals surface area contributed by atoms with Gasteiger partial charge >= 0.3 is 6.01 Å². The summed E-state index contributed by atoms with van der Waals surface area (Å²) in [6, 6.07) is 9.32. The zero-order chi connectivity index (χ0) is 33.4. The van der Waals surface area contributed by atoms with Crippen LogP contribution in [0.4, 0.5) is 19.0 Å². The summed E-state index contributed by atoms with van der Waals surface area (Å²) < 4.78 is 58.4. The second kappa shape index (κ2) is 11.8. The second-order valence-corrected chi connectivity index (χ2v) is 14.8. The molecule has 8 nitrogen and oxygen atoms in total. The van der Waals surface area contributed by atoms with Gasteiger partial charge < -0.3 is 24.6 Å². The average molecular weight is 671 g/mol. The summed E-state index contributed by atoms with van der Waals surface area (Å²) >= 11 is 0. The van der Waals surface area contributed by atoms with Crippen LogP contribution >= 0.6 is 0 Å². The molecule has 4 unspecified atom stereocenters. The highest BCUT2D eigenvalue weighted by molar-refractivity contribution is 6.02. The summed E-state index contributed by atoms with van der Waals surface area (Å²) in [6.45, 7) is 7.59. The third-order valence-corrected chi connectivity index (χ3v) is 11.6. The van der Waals surface area contributed by atoms with Gasteiger partial charge in [-0.25, -0.2) is 18.2 Å². The number of aromatic nitrogens is 3. The SMILES string of the molecule is CCc1c(F)ccc2cccc(-c3nc4c5c(nc(OCC6(CN7CCC(=CF)CC7)CC6)nc5c3F)N3CC5CCC(N5)C3C(C)O4)c12. The molecule has 9 rings (SSSR count). The Kier molecular flexibility index (Phi) is 7.50. The molecular formula is C38H41F3N6O2. The molecule has 4 aliphatic heterocycles. The smallest absolute Gasteiger partial charge is 0.319 e. The van der Waals surface area contributed by atoms with E-state index >= 15 is 8.78 Å². The number of hydrogen-bond donors (Lipinski definition) is 1. The number of pyridine rings is 1. The number of halogens is 3. The minimum atomic E-state index is -0.606. The van der Waals surface area contributed by atoms with Gasteiger partial charge in [-0.2, -0.15) is 9.97 Å². The maximum absolute atomic E-state index is 17.2. The van der Waals surface area contributed by atoms with E-state index in [1.807, 2.05) is 26.0 Å². The van der Waals surface area contributed by atoms with Crippen LogP contribution in [-0.2, 0) is 6.42 Å². The Hall–Kier alpha value is -3.96. The van der Waals surface area contributed by atoms with E-state index in [9.17, 15) is 4.39 Å². The summed E-state index contributed by atoms with van der Waals surface area (Å²) in [4.78, 5) is 19.3. The number of fused-ring (bicyclic) bond motifs is 6. The molecule has 11 heteroatoms. The lowest BCUT2D eigenvalue weighted by atomic mass is 9.95. The maximum Gasteiger partial charge on any atom is 0.319 e. The van der Waals surface area contributed by atoms with E-state index < -0.39 is 5.82 Å².